The van der Waals surface area contributed by atoms with Crippen molar-refractivity contribution >= 4 is 39.2 Å². The molecule has 8 heteroatoms. The Morgan fingerprint density at radius 3 is 2.89 bits per heavy atom. The monoisotopic (exact) mass is 395 g/mol. The predicted molar refractivity (Wildman–Crippen MR) is 108 cm³/mol. The van der Waals surface area contributed by atoms with Crippen molar-refractivity contribution in [3.63, 3.8) is 0 Å². The van der Waals surface area contributed by atoms with Crippen LogP contribution < -0.4 is 5.32 Å². The number of H-pyrrole nitrogens is 1. The zero-order valence-electron chi connectivity index (χ0n) is 15.6. The molecule has 2 aliphatic heterocycles. The second-order valence-corrected chi connectivity index (χ2v) is 8.63. The smallest absolute Gasteiger partial charge is 0.270 e. The highest BCUT2D eigenvalue weighted by atomic mass is 32.1. The molecule has 2 N–H and O–H groups in total. The minimum absolute atomic E-state index is 0.00154. The van der Waals surface area contributed by atoms with Crippen LogP contribution in [0.5, 0.6) is 0 Å². The van der Waals surface area contributed by atoms with Gasteiger partial charge in [-0.1, -0.05) is 29.5 Å². The number of thiazole rings is 1. The summed E-state index contributed by atoms with van der Waals surface area (Å²) >= 11 is 1.48. The summed E-state index contributed by atoms with van der Waals surface area (Å²) in [6.45, 7) is 2.75. The van der Waals surface area contributed by atoms with Crippen molar-refractivity contribution in [2.24, 2.45) is 5.92 Å². The van der Waals surface area contributed by atoms with Gasteiger partial charge in [0.05, 0.1) is 18.2 Å². The molecule has 2 aromatic heterocycles. The molecule has 0 radical (unpaired) electrons. The van der Waals surface area contributed by atoms with Gasteiger partial charge in [-0.3, -0.25) is 9.59 Å². The summed E-state index contributed by atoms with van der Waals surface area (Å²) in [6.07, 6.45) is 0.708. The van der Waals surface area contributed by atoms with Gasteiger partial charge in [0.2, 0.25) is 5.91 Å². The van der Waals surface area contributed by atoms with E-state index < -0.39 is 0 Å². The van der Waals surface area contributed by atoms with Gasteiger partial charge < -0.3 is 20.1 Å². The number of aromatic amines is 1. The van der Waals surface area contributed by atoms with E-state index in [9.17, 15) is 9.59 Å². The average molecular weight is 395 g/mol. The number of aromatic nitrogens is 2. The number of fused-ring (bicyclic) bond motifs is 2. The molecule has 0 spiro atoms. The van der Waals surface area contributed by atoms with Crippen LogP contribution in [-0.2, 0) is 17.8 Å². The lowest BCUT2D eigenvalue weighted by molar-refractivity contribution is -0.124. The second kappa shape index (κ2) is 6.72. The first-order valence-electron chi connectivity index (χ1n) is 9.42. The van der Waals surface area contributed by atoms with Crippen LogP contribution in [0.15, 0.2) is 30.3 Å². The van der Waals surface area contributed by atoms with E-state index in [1.54, 1.807) is 0 Å². The fourth-order valence-electron chi connectivity index (χ4n) is 3.85. The topological polar surface area (TPSA) is 81.3 Å². The lowest BCUT2D eigenvalue weighted by Crippen LogP contribution is -2.49. The third-order valence-electron chi connectivity index (χ3n) is 5.44. The molecule has 5 rings (SSSR count). The largest absolute Gasteiger partial charge is 0.351 e. The molecule has 28 heavy (non-hydrogen) atoms. The number of carbonyl (C=O) groups excluding carboxylic acids is 2. The Kier molecular flexibility index (Phi) is 4.17. The van der Waals surface area contributed by atoms with Crippen LogP contribution in [0.1, 0.15) is 21.1 Å². The third-order valence-corrected chi connectivity index (χ3v) is 6.44. The first kappa shape index (κ1) is 17.4. The van der Waals surface area contributed by atoms with E-state index in [0.29, 0.717) is 30.3 Å². The lowest BCUT2D eigenvalue weighted by Gasteiger charge is -2.34. The van der Waals surface area contributed by atoms with E-state index in [1.165, 1.54) is 11.3 Å². The molecular weight excluding hydrogens is 374 g/mol. The maximum absolute atomic E-state index is 12.9. The standard InChI is InChI=1S/C20H21N5O2S/c1-24-9-13(10-24)18(26)23-20-22-15-6-7-25(11-17(15)28-20)19(27)16-8-12-4-2-3-5-14(12)21-16/h2-5,8,13,21H,6-7,9-11H2,1H3,(H,22,23,26). The van der Waals surface area contributed by atoms with Gasteiger partial charge in [-0.05, 0) is 19.2 Å². The summed E-state index contributed by atoms with van der Waals surface area (Å²) in [5, 5.41) is 4.63. The number of carbonyl (C=O) groups is 2. The third kappa shape index (κ3) is 3.08. The average Bonchev–Trinajstić information content (AvgIpc) is 3.27. The van der Waals surface area contributed by atoms with Crippen LogP contribution in [-0.4, -0.2) is 58.3 Å². The lowest BCUT2D eigenvalue weighted by atomic mass is 10.0. The molecule has 1 fully saturated rings. The van der Waals surface area contributed by atoms with Crippen molar-refractivity contribution in [3.05, 3.63) is 46.6 Å². The van der Waals surface area contributed by atoms with E-state index in [2.05, 4.69) is 20.2 Å². The maximum Gasteiger partial charge on any atom is 0.270 e. The molecule has 0 aliphatic carbocycles. The quantitative estimate of drug-likeness (QED) is 0.713. The summed E-state index contributed by atoms with van der Waals surface area (Å²) in [7, 11) is 2.00. The minimum atomic E-state index is -0.00154. The zero-order valence-corrected chi connectivity index (χ0v) is 16.4. The summed E-state index contributed by atoms with van der Waals surface area (Å²) in [5.41, 5.74) is 2.57. The summed E-state index contributed by atoms with van der Waals surface area (Å²) in [6, 6.07) is 9.79. The van der Waals surface area contributed by atoms with Gasteiger partial charge in [0.15, 0.2) is 5.13 Å². The highest BCUT2D eigenvalue weighted by Gasteiger charge is 2.31. The molecule has 0 unspecified atom stereocenters. The summed E-state index contributed by atoms with van der Waals surface area (Å²) in [5.74, 6) is 0.0829. The van der Waals surface area contributed by atoms with E-state index in [-0.39, 0.29) is 17.7 Å². The SMILES string of the molecule is CN1CC(C(=O)Nc2nc3c(s2)CN(C(=O)c2cc4ccccc4[nH]2)CC3)C1. The maximum atomic E-state index is 12.9. The van der Waals surface area contributed by atoms with E-state index >= 15 is 0 Å². The zero-order chi connectivity index (χ0) is 19.3. The van der Waals surface area contributed by atoms with Gasteiger partial charge >= 0.3 is 0 Å². The van der Waals surface area contributed by atoms with E-state index in [1.807, 2.05) is 42.3 Å². The van der Waals surface area contributed by atoms with Crippen molar-refractivity contribution in [2.75, 3.05) is 32.0 Å². The molecular formula is C20H21N5O2S. The number of rotatable bonds is 3. The number of hydrogen-bond acceptors (Lipinski definition) is 5. The predicted octanol–water partition coefficient (Wildman–Crippen LogP) is 2.32. The number of hydrogen-bond donors (Lipinski definition) is 2. The van der Waals surface area contributed by atoms with Crippen LogP contribution in [0.4, 0.5) is 5.13 Å². The van der Waals surface area contributed by atoms with Gasteiger partial charge in [0, 0.05) is 41.8 Å². The Morgan fingerprint density at radius 1 is 1.29 bits per heavy atom. The van der Waals surface area contributed by atoms with E-state index in [0.717, 1.165) is 34.6 Å². The van der Waals surface area contributed by atoms with Crippen molar-refractivity contribution in [1.82, 2.24) is 19.8 Å². The van der Waals surface area contributed by atoms with Gasteiger partial charge in [-0.15, -0.1) is 0 Å². The van der Waals surface area contributed by atoms with Crippen molar-refractivity contribution in [1.29, 1.82) is 0 Å². The Balaban J connectivity index is 1.29. The molecule has 0 atom stereocenters. The fraction of sp³-hybridized carbons (Fsp3) is 0.350. The first-order valence-corrected chi connectivity index (χ1v) is 10.2. The second-order valence-electron chi connectivity index (χ2n) is 7.54. The molecule has 7 nitrogen and oxygen atoms in total. The van der Waals surface area contributed by atoms with Crippen LogP contribution in [0.25, 0.3) is 10.9 Å². The summed E-state index contributed by atoms with van der Waals surface area (Å²) < 4.78 is 0. The highest BCUT2D eigenvalue weighted by Crippen LogP contribution is 2.30. The molecule has 0 saturated carbocycles. The molecule has 4 heterocycles. The number of nitrogens with one attached hydrogen (secondary N) is 2. The molecule has 0 bridgehead atoms. The van der Waals surface area contributed by atoms with Crippen LogP contribution in [0, 0.1) is 5.92 Å². The highest BCUT2D eigenvalue weighted by molar-refractivity contribution is 7.15. The van der Waals surface area contributed by atoms with Crippen LogP contribution in [0.2, 0.25) is 0 Å². The van der Waals surface area contributed by atoms with Gasteiger partial charge in [0.25, 0.3) is 5.91 Å². The number of benzene rings is 1. The molecule has 1 aromatic carbocycles. The van der Waals surface area contributed by atoms with Crippen molar-refractivity contribution < 1.29 is 9.59 Å². The van der Waals surface area contributed by atoms with E-state index in [4.69, 9.17) is 0 Å². The van der Waals surface area contributed by atoms with Gasteiger partial charge in [0.1, 0.15) is 5.69 Å². The number of nitrogens with zero attached hydrogens (tertiary/aromatic N) is 3. The molecule has 2 amide bonds. The Morgan fingerprint density at radius 2 is 2.11 bits per heavy atom. The number of likely N-dealkylation sites (tertiary alicyclic amines) is 1. The van der Waals surface area contributed by atoms with Gasteiger partial charge in [-0.25, -0.2) is 4.98 Å². The summed E-state index contributed by atoms with van der Waals surface area (Å²) in [4.78, 5) is 38.0. The fourth-order valence-corrected chi connectivity index (χ4v) is 4.88. The van der Waals surface area contributed by atoms with Crippen molar-refractivity contribution in [3.8, 4) is 0 Å². The van der Waals surface area contributed by atoms with Crippen molar-refractivity contribution in [2.45, 2.75) is 13.0 Å². The normalized spacial score (nSPS) is 17.4. The number of anilines is 1. The van der Waals surface area contributed by atoms with Crippen LogP contribution >= 0.6 is 11.3 Å². The Bertz CT molecular complexity index is 1030. The minimum Gasteiger partial charge on any atom is -0.351 e. The number of para-hydroxylation sites is 1. The molecule has 3 aromatic rings. The Hall–Kier alpha value is -2.71. The molecule has 2 aliphatic rings. The molecule has 1 saturated heterocycles. The van der Waals surface area contributed by atoms with Crippen LogP contribution in [0.3, 0.4) is 0 Å². The van der Waals surface area contributed by atoms with Gasteiger partial charge in [-0.2, -0.15) is 0 Å². The number of amides is 2. The molecule has 144 valence electrons. The first-order chi connectivity index (χ1) is 13.6. The Labute approximate surface area is 166 Å².